The average molecular weight is 516 g/mol. The number of hydrogen-bond donors (Lipinski definition) is 2. The third kappa shape index (κ3) is 84.2. The third-order valence-electron chi connectivity index (χ3n) is 5.35. The minimum absolute atomic E-state index is 0.698. The maximum Gasteiger partial charge on any atom is 0.0905 e. The fraction of sp³-hybridized carbons (Fsp3) is 0.970. The first-order valence-electron chi connectivity index (χ1n) is 15.7. The van der Waals surface area contributed by atoms with E-state index in [1.54, 1.807) is 0 Å². The average Bonchev–Trinajstić information content (AvgIpc) is 2.76. The van der Waals surface area contributed by atoms with Crippen LogP contribution in [-0.4, -0.2) is 18.9 Å². The Bertz CT molecular complexity index is 367. The molecule has 0 aromatic carbocycles. The van der Waals surface area contributed by atoms with Gasteiger partial charge in [0, 0.05) is 6.54 Å². The summed E-state index contributed by atoms with van der Waals surface area (Å²) < 4.78 is 0. The van der Waals surface area contributed by atoms with Crippen LogP contribution in [0.15, 0.2) is 4.99 Å². The molecule has 3 heteroatoms. The Labute approximate surface area is 232 Å². The number of unbranched alkanes of at least 4 members (excludes halogenated alkanes) is 2. The van der Waals surface area contributed by atoms with Crippen LogP contribution in [0, 0.1) is 29.6 Å². The van der Waals surface area contributed by atoms with Crippen molar-refractivity contribution >= 4 is 5.84 Å². The van der Waals surface area contributed by atoms with Crippen LogP contribution in [0.5, 0.6) is 0 Å². The molecule has 0 heterocycles. The van der Waals surface area contributed by atoms with Gasteiger partial charge in [0.25, 0.3) is 0 Å². The highest BCUT2D eigenvalue weighted by molar-refractivity contribution is 5.77. The number of aliphatic imine (C=N–C) groups is 1. The van der Waals surface area contributed by atoms with Crippen LogP contribution in [-0.2, 0) is 0 Å². The Kier molecular flexibility index (Phi) is 49.1. The van der Waals surface area contributed by atoms with E-state index in [4.69, 9.17) is 11.5 Å². The minimum Gasteiger partial charge on any atom is -0.388 e. The third-order valence-corrected chi connectivity index (χ3v) is 5.35. The topological polar surface area (TPSA) is 64.4 Å². The molecule has 0 rings (SSSR count). The molecule has 0 atom stereocenters. The van der Waals surface area contributed by atoms with Crippen molar-refractivity contribution < 1.29 is 0 Å². The lowest BCUT2D eigenvalue weighted by Crippen LogP contribution is -2.06. The van der Waals surface area contributed by atoms with E-state index in [9.17, 15) is 0 Å². The Morgan fingerprint density at radius 3 is 1.17 bits per heavy atom. The summed E-state index contributed by atoms with van der Waals surface area (Å²) in [6.45, 7) is 32.7. The SMILES string of the molecule is CC(C)CCCCN.CC(N)=NCCCC(C)C.CCC(C)C.CCCC(C)C.CCCCC(C)C. The zero-order chi connectivity index (χ0) is 29.4. The molecule has 0 saturated carbocycles. The Morgan fingerprint density at radius 2 is 0.944 bits per heavy atom. The van der Waals surface area contributed by atoms with Gasteiger partial charge in [-0.1, -0.05) is 141 Å². The lowest BCUT2D eigenvalue weighted by atomic mass is 10.1. The highest BCUT2D eigenvalue weighted by Crippen LogP contribution is 2.05. The van der Waals surface area contributed by atoms with Gasteiger partial charge in [0.1, 0.15) is 0 Å². The second-order valence-electron chi connectivity index (χ2n) is 12.3. The molecule has 0 saturated heterocycles. The van der Waals surface area contributed by atoms with Crippen LogP contribution in [0.4, 0.5) is 0 Å². The maximum absolute atomic E-state index is 5.36. The van der Waals surface area contributed by atoms with Crippen molar-refractivity contribution in [3.8, 4) is 0 Å². The van der Waals surface area contributed by atoms with Crippen LogP contribution >= 0.6 is 0 Å². The van der Waals surface area contributed by atoms with Crippen molar-refractivity contribution in [2.24, 2.45) is 46.0 Å². The maximum atomic E-state index is 5.36. The molecule has 0 aliphatic rings. The lowest BCUT2D eigenvalue weighted by molar-refractivity contribution is 0.541. The normalized spacial score (nSPS) is 10.8. The van der Waals surface area contributed by atoms with Crippen LogP contribution in [0.2, 0.25) is 0 Å². The van der Waals surface area contributed by atoms with Gasteiger partial charge in [0.05, 0.1) is 5.84 Å². The van der Waals surface area contributed by atoms with E-state index in [1.165, 1.54) is 64.2 Å². The zero-order valence-electron chi connectivity index (χ0n) is 28.2. The quantitative estimate of drug-likeness (QED) is 0.137. The molecule has 0 aromatic heterocycles. The number of rotatable bonds is 14. The molecule has 0 unspecified atom stereocenters. The van der Waals surface area contributed by atoms with E-state index in [-0.39, 0.29) is 0 Å². The van der Waals surface area contributed by atoms with E-state index in [1.807, 2.05) is 6.92 Å². The predicted octanol–water partition coefficient (Wildman–Crippen LogP) is 10.9. The first-order chi connectivity index (χ1) is 16.7. The summed E-state index contributed by atoms with van der Waals surface area (Å²) in [5, 5.41) is 0. The molecule has 36 heavy (non-hydrogen) atoms. The lowest BCUT2D eigenvalue weighted by Gasteiger charge is -2.00. The molecule has 0 aliphatic carbocycles. The highest BCUT2D eigenvalue weighted by atomic mass is 14.8. The van der Waals surface area contributed by atoms with Gasteiger partial charge in [-0.25, -0.2) is 0 Å². The minimum atomic E-state index is 0.698. The van der Waals surface area contributed by atoms with Crippen molar-refractivity contribution in [2.75, 3.05) is 13.1 Å². The fourth-order valence-electron chi connectivity index (χ4n) is 2.64. The van der Waals surface area contributed by atoms with Crippen molar-refractivity contribution in [3.05, 3.63) is 0 Å². The second kappa shape index (κ2) is 39.0. The van der Waals surface area contributed by atoms with Crippen molar-refractivity contribution in [1.29, 1.82) is 0 Å². The van der Waals surface area contributed by atoms with E-state index in [0.717, 1.165) is 49.1 Å². The van der Waals surface area contributed by atoms with Gasteiger partial charge < -0.3 is 11.5 Å². The summed E-state index contributed by atoms with van der Waals surface area (Å²) in [7, 11) is 0. The fourth-order valence-corrected chi connectivity index (χ4v) is 2.64. The van der Waals surface area contributed by atoms with E-state index >= 15 is 0 Å². The molecule has 0 bridgehead atoms. The largest absolute Gasteiger partial charge is 0.388 e. The van der Waals surface area contributed by atoms with Gasteiger partial charge in [0.15, 0.2) is 0 Å². The first-order valence-corrected chi connectivity index (χ1v) is 15.7. The van der Waals surface area contributed by atoms with Crippen LogP contribution in [0.1, 0.15) is 168 Å². The number of nitrogens with two attached hydrogens (primary N) is 2. The monoisotopic (exact) mass is 516 g/mol. The summed E-state index contributed by atoms with van der Waals surface area (Å²) in [6, 6.07) is 0. The molecule has 0 spiro atoms. The van der Waals surface area contributed by atoms with Crippen molar-refractivity contribution in [1.82, 2.24) is 0 Å². The molecule has 0 radical (unpaired) electrons. The van der Waals surface area contributed by atoms with Crippen LogP contribution in [0.25, 0.3) is 0 Å². The molecule has 0 aromatic rings. The number of nitrogens with zero attached hydrogens (tertiary/aromatic N) is 1. The van der Waals surface area contributed by atoms with Crippen LogP contribution in [0.3, 0.4) is 0 Å². The van der Waals surface area contributed by atoms with Gasteiger partial charge in [-0.15, -0.1) is 0 Å². The summed E-state index contributed by atoms with van der Waals surface area (Å²) >= 11 is 0. The molecule has 3 nitrogen and oxygen atoms in total. The van der Waals surface area contributed by atoms with Crippen LogP contribution < -0.4 is 11.5 Å². The predicted molar refractivity (Wildman–Crippen MR) is 173 cm³/mol. The zero-order valence-corrected chi connectivity index (χ0v) is 28.2. The second-order valence-corrected chi connectivity index (χ2v) is 12.3. The van der Waals surface area contributed by atoms with Gasteiger partial charge in [-0.2, -0.15) is 0 Å². The Morgan fingerprint density at radius 1 is 0.556 bits per heavy atom. The van der Waals surface area contributed by atoms with E-state index in [0.29, 0.717) is 5.84 Å². The Hall–Kier alpha value is -0.570. The van der Waals surface area contributed by atoms with Gasteiger partial charge >= 0.3 is 0 Å². The number of hydrogen-bond acceptors (Lipinski definition) is 2. The summed E-state index contributed by atoms with van der Waals surface area (Å²) in [5.74, 6) is 5.02. The van der Waals surface area contributed by atoms with Crippen molar-refractivity contribution in [2.45, 2.75) is 168 Å². The first kappa shape index (κ1) is 45.4. The summed E-state index contributed by atoms with van der Waals surface area (Å²) in [5.41, 5.74) is 10.7. The van der Waals surface area contributed by atoms with E-state index in [2.05, 4.69) is 95.0 Å². The smallest absolute Gasteiger partial charge is 0.0905 e. The molecule has 224 valence electrons. The van der Waals surface area contributed by atoms with Crippen molar-refractivity contribution in [3.63, 3.8) is 0 Å². The highest BCUT2D eigenvalue weighted by Gasteiger charge is 1.92. The molecule has 0 fully saturated rings. The van der Waals surface area contributed by atoms with Gasteiger partial charge in [-0.3, -0.25) is 4.99 Å². The molecular weight excluding hydrogens is 438 g/mol. The van der Waals surface area contributed by atoms with Gasteiger partial charge in [-0.05, 0) is 62.3 Å². The van der Waals surface area contributed by atoms with E-state index < -0.39 is 0 Å². The standard InChI is InChI=1S/C8H18N2.C7H17N.C7H16.C6H14.C5H12/c1-7(2)5-4-6-10-8(3)9;1-7(2)5-3-4-6-8;1-4-5-6-7(2)3;1-4-5-6(2)3;1-4-5(2)3/h7H,4-6H2,1-3H3,(H2,9,10);7H,3-6,8H2,1-2H3;7H,4-6H2,1-3H3;6H,4-5H2,1-3H3;5H,4H2,1-3H3. The molecule has 0 aliphatic heterocycles. The Balaban J connectivity index is -0.000000114. The van der Waals surface area contributed by atoms with Gasteiger partial charge in [0.2, 0.25) is 0 Å². The number of amidine groups is 1. The molecule has 4 N–H and O–H groups in total. The summed E-state index contributed by atoms with van der Waals surface area (Å²) in [4.78, 5) is 4.09. The molecule has 0 amide bonds. The summed E-state index contributed by atoms with van der Waals surface area (Å²) in [6.07, 6.45) is 14.4. The molecular formula is C33H77N3.